The minimum atomic E-state index is -4.80. The Bertz CT molecular complexity index is 669. The molecule has 0 aromatic heterocycles. The maximum atomic E-state index is 12.5. The van der Waals surface area contributed by atoms with E-state index in [9.17, 15) is 22.6 Å². The molecule has 0 amide bonds. The number of carbonyl (C=O) groups is 2. The predicted molar refractivity (Wildman–Crippen MR) is 142 cm³/mol. The van der Waals surface area contributed by atoms with E-state index in [4.69, 9.17) is 9.47 Å². The quantitative estimate of drug-likeness (QED) is 0.115. The zero-order chi connectivity index (χ0) is 26.1. The molecule has 1 N–H and O–H groups in total. The van der Waals surface area contributed by atoms with Crippen LogP contribution in [0.4, 0.5) is 0 Å². The van der Waals surface area contributed by atoms with Crippen molar-refractivity contribution in [3.05, 3.63) is 0 Å². The summed E-state index contributed by atoms with van der Waals surface area (Å²) in [5.74, 6) is -0.833. The second kappa shape index (κ2) is 20.9. The first-order chi connectivity index (χ1) is 16.0. The number of unbranched alkanes of at least 4 members (excludes halogenated alkanes) is 2. The summed E-state index contributed by atoms with van der Waals surface area (Å²) in [6, 6.07) is 0. The molecule has 5 unspecified atom stereocenters. The van der Waals surface area contributed by atoms with Crippen molar-refractivity contribution in [1.82, 2.24) is 0 Å². The third kappa shape index (κ3) is 17.9. The predicted octanol–water partition coefficient (Wildman–Crippen LogP) is 6.11. The van der Waals surface area contributed by atoms with Crippen LogP contribution in [-0.4, -0.2) is 71.9 Å². The van der Waals surface area contributed by atoms with Gasteiger partial charge in [-0.05, 0) is 51.4 Å². The molecule has 0 fully saturated rings. The molecule has 0 aliphatic rings. The van der Waals surface area contributed by atoms with Crippen LogP contribution in [0.25, 0.3) is 0 Å². The maximum Gasteiger partial charge on any atom is 0.327 e. The largest absolute Gasteiger partial charge is 0.463 e. The smallest absolute Gasteiger partial charge is 0.327 e. The Kier molecular flexibility index (Phi) is 22.1. The molecule has 0 heterocycles. The monoisotopic (exact) mass is 529 g/mol. The average molecular weight is 530 g/mol. The fraction of sp³-hybridized carbons (Fsp3) is 0.923. The van der Waals surface area contributed by atoms with Crippen molar-refractivity contribution in [2.75, 3.05) is 0 Å². The van der Waals surface area contributed by atoms with Crippen molar-refractivity contribution in [2.45, 2.75) is 142 Å². The molecule has 0 aliphatic heterocycles. The average Bonchev–Trinajstić information content (AvgIpc) is 2.76. The molecule has 9 heteroatoms. The van der Waals surface area contributed by atoms with Crippen LogP contribution in [0.3, 0.4) is 0 Å². The van der Waals surface area contributed by atoms with Crippen LogP contribution < -0.4 is 0 Å². The Morgan fingerprint density at radius 1 is 0.743 bits per heavy atom. The van der Waals surface area contributed by atoms with Gasteiger partial charge in [-0.25, -0.2) is 0 Å². The fourth-order valence-electron chi connectivity index (χ4n) is 4.16. The summed E-state index contributed by atoms with van der Waals surface area (Å²) in [5, 5.41) is -1.97. The number of rotatable bonds is 20. The molecule has 0 saturated carbocycles. The Balaban J connectivity index is 0. The second-order valence-electron chi connectivity index (χ2n) is 9.74. The first kappa shape index (κ1) is 37.0. The number of hydrogen-bond acceptors (Lipinski definition) is 6. The number of ether oxygens (including phenoxy) is 2. The van der Waals surface area contributed by atoms with Crippen LogP contribution >= 0.6 is 0 Å². The summed E-state index contributed by atoms with van der Waals surface area (Å²) in [5.41, 5.74) is 0. The zero-order valence-corrected chi connectivity index (χ0v) is 26.2. The summed E-state index contributed by atoms with van der Waals surface area (Å²) in [6.45, 7) is 12.0. The normalized spacial score (nSPS) is 15.9. The van der Waals surface area contributed by atoms with E-state index in [2.05, 4.69) is 27.7 Å². The van der Waals surface area contributed by atoms with Crippen LogP contribution in [-0.2, 0) is 29.2 Å². The van der Waals surface area contributed by atoms with Gasteiger partial charge in [-0.15, -0.1) is 0 Å². The van der Waals surface area contributed by atoms with E-state index in [0.29, 0.717) is 24.7 Å². The number of esters is 2. The molecular weight excluding hydrogens is 479 g/mol. The minimum absolute atomic E-state index is 0. The van der Waals surface area contributed by atoms with Crippen LogP contribution in [0.2, 0.25) is 0 Å². The Morgan fingerprint density at radius 2 is 1.17 bits per heavy atom. The summed E-state index contributed by atoms with van der Waals surface area (Å²) >= 11 is 0. The maximum absolute atomic E-state index is 12.5. The molecule has 0 bridgehead atoms. The Hall–Kier alpha value is -0.150. The summed E-state index contributed by atoms with van der Waals surface area (Å²) in [6.07, 6.45) is 10.4. The van der Waals surface area contributed by atoms with Crippen LogP contribution in [0.1, 0.15) is 125 Å². The molecule has 0 rings (SSSR count). The van der Waals surface area contributed by atoms with Gasteiger partial charge in [0.25, 0.3) is 10.1 Å². The Labute approximate surface area is 236 Å². The van der Waals surface area contributed by atoms with Gasteiger partial charge in [-0.2, -0.15) is 8.42 Å². The van der Waals surface area contributed by atoms with Crippen LogP contribution in [0.15, 0.2) is 0 Å². The van der Waals surface area contributed by atoms with Crippen molar-refractivity contribution >= 4 is 51.6 Å². The van der Waals surface area contributed by atoms with Gasteiger partial charge in [0.15, 0.2) is 5.25 Å². The molecule has 5 atom stereocenters. The molecule has 0 saturated heterocycles. The third-order valence-corrected chi connectivity index (χ3v) is 7.75. The van der Waals surface area contributed by atoms with Crippen molar-refractivity contribution in [3.8, 4) is 0 Å². The van der Waals surface area contributed by atoms with Gasteiger partial charge >= 0.3 is 11.9 Å². The number of carbonyl (C=O) groups excluding carboxylic acids is 2. The van der Waals surface area contributed by atoms with Crippen molar-refractivity contribution in [3.63, 3.8) is 0 Å². The number of hydrogen-bond donors (Lipinski definition) is 1. The van der Waals surface area contributed by atoms with Crippen molar-refractivity contribution in [2.24, 2.45) is 11.8 Å². The van der Waals surface area contributed by atoms with E-state index in [1.54, 1.807) is 13.8 Å². The molecule has 0 aromatic carbocycles. The second-order valence-corrected chi connectivity index (χ2v) is 11.3. The zero-order valence-electron chi connectivity index (χ0n) is 23.4. The molecule has 0 aromatic rings. The van der Waals surface area contributed by atoms with E-state index in [-0.39, 0.29) is 29.6 Å². The fourth-order valence-corrected chi connectivity index (χ4v) is 4.80. The van der Waals surface area contributed by atoms with E-state index < -0.39 is 45.9 Å². The standard InChI is InChI=1S/C26H50O7S.Na/c1-7-11-13-22(9-3)17-15-20(5)32-25(27)19-24(34(29,30)31)26(28)33-21(6)16-18-23(10-4)14-12-8-2;/h20-24H,7-19H2,1-6H3,(H,29,30,31);. The van der Waals surface area contributed by atoms with Gasteiger partial charge in [0.05, 0.1) is 18.6 Å². The molecule has 0 spiro atoms. The SMILES string of the molecule is CCCCC(CC)CCC(C)OC(=O)CC(C(=O)OC(C)CCC(CC)CCCC)S(=O)(=O)O.[Na]. The van der Waals surface area contributed by atoms with Crippen LogP contribution in [0.5, 0.6) is 0 Å². The van der Waals surface area contributed by atoms with Crippen LogP contribution in [0, 0.1) is 11.8 Å². The van der Waals surface area contributed by atoms with Gasteiger partial charge in [-0.1, -0.05) is 79.1 Å². The summed E-state index contributed by atoms with van der Waals surface area (Å²) in [7, 11) is -4.80. The Morgan fingerprint density at radius 3 is 1.54 bits per heavy atom. The van der Waals surface area contributed by atoms with E-state index in [0.717, 1.165) is 57.8 Å². The van der Waals surface area contributed by atoms with E-state index >= 15 is 0 Å². The molecular formula is C26H50NaO7S. The van der Waals surface area contributed by atoms with E-state index in [1.165, 1.54) is 6.42 Å². The first-order valence-electron chi connectivity index (χ1n) is 13.3. The van der Waals surface area contributed by atoms with Crippen molar-refractivity contribution in [1.29, 1.82) is 0 Å². The van der Waals surface area contributed by atoms with Crippen molar-refractivity contribution < 1.29 is 32.0 Å². The molecule has 35 heavy (non-hydrogen) atoms. The first-order valence-corrected chi connectivity index (χ1v) is 14.8. The molecule has 203 valence electrons. The topological polar surface area (TPSA) is 107 Å². The molecule has 0 aliphatic carbocycles. The summed E-state index contributed by atoms with van der Waals surface area (Å²) in [4.78, 5) is 24.8. The molecule has 7 nitrogen and oxygen atoms in total. The van der Waals surface area contributed by atoms with Gasteiger partial charge in [0.2, 0.25) is 0 Å². The molecule has 1 radical (unpaired) electrons. The van der Waals surface area contributed by atoms with Gasteiger partial charge in [-0.3, -0.25) is 14.1 Å². The van der Waals surface area contributed by atoms with Gasteiger partial charge in [0, 0.05) is 29.6 Å². The van der Waals surface area contributed by atoms with Gasteiger partial charge < -0.3 is 9.47 Å². The summed E-state index contributed by atoms with van der Waals surface area (Å²) < 4.78 is 43.8. The van der Waals surface area contributed by atoms with Gasteiger partial charge in [0.1, 0.15) is 0 Å². The van der Waals surface area contributed by atoms with E-state index in [1.807, 2.05) is 0 Å². The third-order valence-electron chi connectivity index (χ3n) is 6.67. The minimum Gasteiger partial charge on any atom is -0.463 e.